The van der Waals surface area contributed by atoms with E-state index in [9.17, 15) is 35.1 Å². The summed E-state index contributed by atoms with van der Waals surface area (Å²) in [5.41, 5.74) is -4.28. The first-order valence-corrected chi connectivity index (χ1v) is 12.8. The summed E-state index contributed by atoms with van der Waals surface area (Å²) in [7, 11) is 0. The molecule has 0 aromatic heterocycles. The summed E-state index contributed by atoms with van der Waals surface area (Å²) in [5.74, 6) is -0.563. The minimum absolute atomic E-state index is 0.0364. The minimum Gasteiger partial charge on any atom is -0.396 e. The Labute approximate surface area is 203 Å². The lowest BCUT2D eigenvalue weighted by molar-refractivity contribution is -0.174. The zero-order valence-electron chi connectivity index (χ0n) is 21.4. The molecule has 3 aliphatic rings. The summed E-state index contributed by atoms with van der Waals surface area (Å²) in [6, 6.07) is 0. The van der Waals surface area contributed by atoms with Crippen LogP contribution in [0.5, 0.6) is 0 Å². The summed E-state index contributed by atoms with van der Waals surface area (Å²) in [6.45, 7) is 9.00. The van der Waals surface area contributed by atoms with Gasteiger partial charge in [0, 0.05) is 18.6 Å². The maximum Gasteiger partial charge on any atom is 0.188 e. The molecule has 0 saturated heterocycles. The smallest absolute Gasteiger partial charge is 0.188 e. The normalized spacial score (nSPS) is 40.6. The number of Topliss-reactive ketones (excluding diaryl/α,β-unsaturated/α-hetero) is 1. The van der Waals surface area contributed by atoms with Crippen molar-refractivity contribution in [1.29, 1.82) is 0 Å². The molecule has 0 heterocycles. The second-order valence-corrected chi connectivity index (χ2v) is 12.3. The van der Waals surface area contributed by atoms with Crippen molar-refractivity contribution >= 4 is 11.6 Å². The fraction of sp³-hybridized carbons (Fsp3) is 0.852. The van der Waals surface area contributed by atoms with E-state index in [-0.39, 0.29) is 43.0 Å². The molecule has 0 spiro atoms. The fourth-order valence-electron chi connectivity index (χ4n) is 7.19. The minimum atomic E-state index is -1.88. The second-order valence-electron chi connectivity index (χ2n) is 12.3. The number of hydrogen-bond donors (Lipinski definition) is 5. The van der Waals surface area contributed by atoms with Crippen molar-refractivity contribution in [2.24, 2.45) is 28.6 Å². The van der Waals surface area contributed by atoms with Gasteiger partial charge in [0.1, 0.15) is 5.60 Å². The van der Waals surface area contributed by atoms with Crippen LogP contribution in [-0.4, -0.2) is 67.1 Å². The van der Waals surface area contributed by atoms with Crippen LogP contribution >= 0.6 is 0 Å². The van der Waals surface area contributed by atoms with Gasteiger partial charge in [0.05, 0.1) is 23.2 Å². The molecule has 0 radical (unpaired) electrons. The molecule has 0 bridgehead atoms. The number of fused-ring (bicyclic) bond motifs is 1. The van der Waals surface area contributed by atoms with Crippen molar-refractivity contribution in [3.05, 3.63) is 11.6 Å². The number of hydrogen-bond acceptors (Lipinski definition) is 7. The molecule has 0 aromatic rings. The van der Waals surface area contributed by atoms with Crippen LogP contribution in [0.3, 0.4) is 0 Å². The van der Waals surface area contributed by atoms with Gasteiger partial charge in [-0.2, -0.15) is 0 Å². The lowest BCUT2D eigenvalue weighted by atomic mass is 9.53. The first-order valence-electron chi connectivity index (χ1n) is 12.8. The first-order chi connectivity index (χ1) is 15.6. The highest BCUT2D eigenvalue weighted by Crippen LogP contribution is 2.59. The summed E-state index contributed by atoms with van der Waals surface area (Å²) < 4.78 is 0. The van der Waals surface area contributed by atoms with Crippen molar-refractivity contribution in [2.75, 3.05) is 6.61 Å². The van der Waals surface area contributed by atoms with Crippen molar-refractivity contribution in [2.45, 2.75) is 109 Å². The van der Waals surface area contributed by atoms with Gasteiger partial charge in [-0.3, -0.25) is 9.59 Å². The van der Waals surface area contributed by atoms with E-state index in [0.717, 1.165) is 6.42 Å². The van der Waals surface area contributed by atoms with E-state index in [1.54, 1.807) is 20.8 Å². The molecule has 194 valence electrons. The van der Waals surface area contributed by atoms with E-state index in [1.807, 2.05) is 0 Å². The Kier molecular flexibility index (Phi) is 7.59. The van der Waals surface area contributed by atoms with Crippen LogP contribution in [0.4, 0.5) is 0 Å². The van der Waals surface area contributed by atoms with Gasteiger partial charge in [0.15, 0.2) is 11.6 Å². The second kappa shape index (κ2) is 9.40. The van der Waals surface area contributed by atoms with Gasteiger partial charge in [0.2, 0.25) is 0 Å². The van der Waals surface area contributed by atoms with Gasteiger partial charge in [-0.1, -0.05) is 13.8 Å². The third-order valence-electron chi connectivity index (χ3n) is 9.71. The molecule has 34 heavy (non-hydrogen) atoms. The average Bonchev–Trinajstić information content (AvgIpc) is 3.07. The molecule has 3 aliphatic carbocycles. The molecule has 8 atom stereocenters. The summed E-state index contributed by atoms with van der Waals surface area (Å²) in [4.78, 5) is 27.0. The van der Waals surface area contributed by atoms with Crippen LogP contribution < -0.4 is 0 Å². The Balaban J connectivity index is 1.89. The standard InChI is InChI=1S/C27H44O7/c1-16(6-9-21(30)24(2,3)33)19-7-8-20(25(19,4)12-13-28)18-14-22(31)27(34)15-17(29)10-11-26(27,5)23(18)32/h14,16-17,19-21,28-30,33-34H,6-13,15H2,1-5H3/t16-,17?,19-,20+,21?,25-,26-,27?/m1/s1. The number of carbonyl (C=O) groups excluding carboxylic acids is 2. The van der Waals surface area contributed by atoms with Gasteiger partial charge >= 0.3 is 0 Å². The number of aliphatic hydroxyl groups is 5. The Bertz CT molecular complexity index is 829. The highest BCUT2D eigenvalue weighted by Gasteiger charge is 2.63. The van der Waals surface area contributed by atoms with Gasteiger partial charge in [-0.25, -0.2) is 0 Å². The quantitative estimate of drug-likeness (QED) is 0.360. The molecule has 0 amide bonds. The highest BCUT2D eigenvalue weighted by molar-refractivity contribution is 6.16. The van der Waals surface area contributed by atoms with Crippen LogP contribution in [0, 0.1) is 28.6 Å². The largest absolute Gasteiger partial charge is 0.396 e. The molecule has 3 rings (SSSR count). The molecule has 2 saturated carbocycles. The van der Waals surface area contributed by atoms with E-state index in [2.05, 4.69) is 13.8 Å². The molecule has 0 aliphatic heterocycles. The number of allylic oxidation sites excluding steroid dienone is 1. The van der Waals surface area contributed by atoms with E-state index in [0.29, 0.717) is 37.7 Å². The number of ketones is 2. The van der Waals surface area contributed by atoms with Gasteiger partial charge in [-0.15, -0.1) is 0 Å². The zero-order chi connectivity index (χ0) is 25.7. The lowest BCUT2D eigenvalue weighted by Gasteiger charge is -2.51. The van der Waals surface area contributed by atoms with Crippen LogP contribution in [0.15, 0.2) is 11.6 Å². The Morgan fingerprint density at radius 1 is 1.15 bits per heavy atom. The molecule has 3 unspecified atom stereocenters. The Hall–Kier alpha value is -1.12. The monoisotopic (exact) mass is 480 g/mol. The predicted molar refractivity (Wildman–Crippen MR) is 128 cm³/mol. The van der Waals surface area contributed by atoms with Crippen LogP contribution in [0.25, 0.3) is 0 Å². The van der Waals surface area contributed by atoms with Crippen molar-refractivity contribution < 1.29 is 35.1 Å². The maximum atomic E-state index is 13.8. The third-order valence-corrected chi connectivity index (χ3v) is 9.71. The van der Waals surface area contributed by atoms with E-state index >= 15 is 0 Å². The van der Waals surface area contributed by atoms with Crippen molar-refractivity contribution in [3.8, 4) is 0 Å². The van der Waals surface area contributed by atoms with Gasteiger partial charge in [0.25, 0.3) is 0 Å². The van der Waals surface area contributed by atoms with Crippen molar-refractivity contribution in [1.82, 2.24) is 0 Å². The topological polar surface area (TPSA) is 135 Å². The Morgan fingerprint density at radius 3 is 2.38 bits per heavy atom. The SMILES string of the molecule is C[C@H](CCC(O)C(C)(C)O)[C@H]1CC[C@@H](C2=CC(=O)C3(O)CC(O)CC[C@]3(C)C2=O)[C@]1(C)CCO. The summed E-state index contributed by atoms with van der Waals surface area (Å²) >= 11 is 0. The van der Waals surface area contributed by atoms with E-state index in [1.165, 1.54) is 6.08 Å². The molecule has 5 N–H and O–H groups in total. The summed E-state index contributed by atoms with van der Waals surface area (Å²) in [5, 5.41) is 51.6. The van der Waals surface area contributed by atoms with Crippen LogP contribution in [-0.2, 0) is 9.59 Å². The number of carbonyl (C=O) groups is 2. The third kappa shape index (κ3) is 4.43. The Morgan fingerprint density at radius 2 is 1.79 bits per heavy atom. The average molecular weight is 481 g/mol. The first kappa shape index (κ1) is 27.5. The predicted octanol–water partition coefficient (Wildman–Crippen LogP) is 2.31. The molecular weight excluding hydrogens is 436 g/mol. The molecule has 0 aromatic carbocycles. The number of rotatable bonds is 8. The fourth-order valence-corrected chi connectivity index (χ4v) is 7.19. The van der Waals surface area contributed by atoms with Gasteiger partial charge in [-0.05, 0) is 95.0 Å². The van der Waals surface area contributed by atoms with E-state index < -0.39 is 40.0 Å². The number of aliphatic hydroxyl groups excluding tert-OH is 3. The van der Waals surface area contributed by atoms with Crippen molar-refractivity contribution in [3.63, 3.8) is 0 Å². The molecule has 2 fully saturated rings. The molecule has 7 nitrogen and oxygen atoms in total. The zero-order valence-corrected chi connectivity index (χ0v) is 21.4. The maximum absolute atomic E-state index is 13.8. The lowest BCUT2D eigenvalue weighted by Crippen LogP contribution is -2.63. The molecular formula is C27H44O7. The van der Waals surface area contributed by atoms with E-state index in [4.69, 9.17) is 0 Å². The highest BCUT2D eigenvalue weighted by atomic mass is 16.3. The summed E-state index contributed by atoms with van der Waals surface area (Å²) in [6.07, 6.45) is 3.36. The van der Waals surface area contributed by atoms with Crippen LogP contribution in [0.1, 0.15) is 86.0 Å². The molecule has 7 heteroatoms. The van der Waals surface area contributed by atoms with Crippen LogP contribution in [0.2, 0.25) is 0 Å². The van der Waals surface area contributed by atoms with Gasteiger partial charge < -0.3 is 25.5 Å².